The summed E-state index contributed by atoms with van der Waals surface area (Å²) in [6.07, 6.45) is 1.50. The Balaban J connectivity index is 2.31. The van der Waals surface area contributed by atoms with Crippen LogP contribution in [0, 0.1) is 5.92 Å². The zero-order valence-corrected chi connectivity index (χ0v) is 7.30. The monoisotopic (exact) mass is 159 g/mol. The van der Waals surface area contributed by atoms with Crippen molar-refractivity contribution >= 4 is 0 Å². The molecule has 0 aromatic heterocycles. The number of hydrogen-bond acceptors (Lipinski definition) is 3. The molecule has 1 rings (SSSR count). The normalized spacial score (nSPS) is 32.2. The highest BCUT2D eigenvalue weighted by atomic mass is 16.5. The van der Waals surface area contributed by atoms with Crippen molar-refractivity contribution < 1.29 is 9.47 Å². The maximum Gasteiger partial charge on any atom is 0.0746 e. The van der Waals surface area contributed by atoms with Crippen molar-refractivity contribution in [1.29, 1.82) is 0 Å². The maximum atomic E-state index is 5.31. The van der Waals surface area contributed by atoms with Gasteiger partial charge in [0.15, 0.2) is 0 Å². The van der Waals surface area contributed by atoms with Gasteiger partial charge in [-0.15, -0.1) is 0 Å². The van der Waals surface area contributed by atoms with Gasteiger partial charge in [0.25, 0.3) is 0 Å². The number of hydrogen-bond donors (Lipinski definition) is 1. The molecule has 0 amide bonds. The number of piperidine rings is 1. The molecule has 66 valence electrons. The molecule has 0 aromatic carbocycles. The molecule has 1 saturated heterocycles. The summed E-state index contributed by atoms with van der Waals surface area (Å²) >= 11 is 0. The smallest absolute Gasteiger partial charge is 0.0746 e. The minimum absolute atomic E-state index is 0.337. The van der Waals surface area contributed by atoms with Gasteiger partial charge < -0.3 is 14.8 Å². The fraction of sp³-hybridized carbons (Fsp3) is 1.00. The molecule has 0 spiro atoms. The average molecular weight is 159 g/mol. The van der Waals surface area contributed by atoms with Crippen molar-refractivity contribution in [3.8, 4) is 0 Å². The standard InChI is InChI=1S/C8H17NO2/c1-10-6-7-3-4-9-5-8(7)11-2/h7-9H,3-6H2,1-2H3. The summed E-state index contributed by atoms with van der Waals surface area (Å²) in [6.45, 7) is 2.87. The van der Waals surface area contributed by atoms with Crippen molar-refractivity contribution in [3.63, 3.8) is 0 Å². The van der Waals surface area contributed by atoms with Crippen LogP contribution in [0.4, 0.5) is 0 Å². The van der Waals surface area contributed by atoms with E-state index >= 15 is 0 Å². The van der Waals surface area contributed by atoms with E-state index in [4.69, 9.17) is 9.47 Å². The SMILES string of the molecule is COCC1CCNCC1OC. The van der Waals surface area contributed by atoms with E-state index in [2.05, 4.69) is 5.32 Å². The molecule has 1 aliphatic rings. The molecule has 0 aliphatic carbocycles. The van der Waals surface area contributed by atoms with Crippen LogP contribution in [0.3, 0.4) is 0 Å². The zero-order chi connectivity index (χ0) is 8.10. The van der Waals surface area contributed by atoms with Gasteiger partial charge in [-0.25, -0.2) is 0 Å². The molecule has 3 nitrogen and oxygen atoms in total. The van der Waals surface area contributed by atoms with Crippen molar-refractivity contribution in [2.75, 3.05) is 33.9 Å². The highest BCUT2D eigenvalue weighted by Gasteiger charge is 2.23. The Hall–Kier alpha value is -0.120. The van der Waals surface area contributed by atoms with Gasteiger partial charge in [0, 0.05) is 26.7 Å². The second-order valence-electron chi connectivity index (χ2n) is 2.98. The van der Waals surface area contributed by atoms with Crippen molar-refractivity contribution in [2.24, 2.45) is 5.92 Å². The van der Waals surface area contributed by atoms with E-state index in [-0.39, 0.29) is 0 Å². The third kappa shape index (κ3) is 2.43. The molecule has 1 N–H and O–H groups in total. The largest absolute Gasteiger partial charge is 0.384 e. The van der Waals surface area contributed by atoms with E-state index in [1.165, 1.54) is 0 Å². The lowest BCUT2D eigenvalue weighted by molar-refractivity contribution is -0.00107. The zero-order valence-electron chi connectivity index (χ0n) is 7.30. The first kappa shape index (κ1) is 8.97. The summed E-state index contributed by atoms with van der Waals surface area (Å²) in [6, 6.07) is 0. The van der Waals surface area contributed by atoms with Crippen LogP contribution in [0.5, 0.6) is 0 Å². The lowest BCUT2D eigenvalue weighted by Gasteiger charge is -2.30. The summed E-state index contributed by atoms with van der Waals surface area (Å²) in [5.74, 6) is 0.575. The second-order valence-corrected chi connectivity index (χ2v) is 2.98. The molecule has 2 unspecified atom stereocenters. The predicted octanol–water partition coefficient (Wildman–Crippen LogP) is 0.257. The van der Waals surface area contributed by atoms with E-state index in [0.29, 0.717) is 12.0 Å². The summed E-state index contributed by atoms with van der Waals surface area (Å²) in [5.41, 5.74) is 0. The molecule has 0 bridgehead atoms. The molecule has 0 radical (unpaired) electrons. The van der Waals surface area contributed by atoms with E-state index < -0.39 is 0 Å². The summed E-state index contributed by atoms with van der Waals surface area (Å²) in [5, 5.41) is 3.29. The number of ether oxygens (including phenoxy) is 2. The quantitative estimate of drug-likeness (QED) is 0.640. The molecule has 2 atom stereocenters. The van der Waals surface area contributed by atoms with Crippen molar-refractivity contribution in [2.45, 2.75) is 12.5 Å². The van der Waals surface area contributed by atoms with Crippen molar-refractivity contribution in [1.82, 2.24) is 5.32 Å². The molecule has 1 heterocycles. The lowest BCUT2D eigenvalue weighted by atomic mass is 9.96. The van der Waals surface area contributed by atoms with Crippen LogP contribution in [-0.2, 0) is 9.47 Å². The maximum absolute atomic E-state index is 5.31. The van der Waals surface area contributed by atoms with Crippen LogP contribution >= 0.6 is 0 Å². The van der Waals surface area contributed by atoms with Gasteiger partial charge in [-0.05, 0) is 13.0 Å². The van der Waals surface area contributed by atoms with Crippen LogP contribution in [0.2, 0.25) is 0 Å². The predicted molar refractivity (Wildman–Crippen MR) is 43.6 cm³/mol. The van der Waals surface area contributed by atoms with Crippen LogP contribution in [-0.4, -0.2) is 40.0 Å². The van der Waals surface area contributed by atoms with E-state index in [1.807, 2.05) is 0 Å². The molecule has 0 saturated carbocycles. The van der Waals surface area contributed by atoms with E-state index in [0.717, 1.165) is 26.1 Å². The minimum atomic E-state index is 0.337. The summed E-state index contributed by atoms with van der Waals surface area (Å²) in [4.78, 5) is 0. The van der Waals surface area contributed by atoms with E-state index in [9.17, 15) is 0 Å². The molecule has 1 aliphatic heterocycles. The fourth-order valence-electron chi connectivity index (χ4n) is 1.56. The Kier molecular flexibility index (Phi) is 3.83. The Morgan fingerprint density at radius 1 is 1.45 bits per heavy atom. The van der Waals surface area contributed by atoms with Crippen LogP contribution in [0.1, 0.15) is 6.42 Å². The Bertz CT molecular complexity index is 106. The van der Waals surface area contributed by atoms with Gasteiger partial charge >= 0.3 is 0 Å². The Morgan fingerprint density at radius 3 is 2.91 bits per heavy atom. The van der Waals surface area contributed by atoms with Crippen molar-refractivity contribution in [3.05, 3.63) is 0 Å². The molecule has 1 fully saturated rings. The first-order valence-electron chi connectivity index (χ1n) is 4.11. The lowest BCUT2D eigenvalue weighted by Crippen LogP contribution is -2.43. The third-order valence-electron chi connectivity index (χ3n) is 2.25. The molecule has 11 heavy (non-hydrogen) atoms. The van der Waals surface area contributed by atoms with Gasteiger partial charge in [0.1, 0.15) is 0 Å². The van der Waals surface area contributed by atoms with Gasteiger partial charge in [0.05, 0.1) is 12.7 Å². The first-order valence-corrected chi connectivity index (χ1v) is 4.11. The Morgan fingerprint density at radius 2 is 2.27 bits per heavy atom. The first-order chi connectivity index (χ1) is 5.38. The summed E-state index contributed by atoms with van der Waals surface area (Å²) < 4.78 is 10.4. The van der Waals surface area contributed by atoms with Gasteiger partial charge in [-0.2, -0.15) is 0 Å². The molecule has 3 heteroatoms. The number of nitrogens with one attached hydrogen (secondary N) is 1. The molecular weight excluding hydrogens is 142 g/mol. The van der Waals surface area contributed by atoms with Gasteiger partial charge in [-0.3, -0.25) is 0 Å². The molecule has 0 aromatic rings. The number of rotatable bonds is 3. The minimum Gasteiger partial charge on any atom is -0.384 e. The van der Waals surface area contributed by atoms with Gasteiger partial charge in [0.2, 0.25) is 0 Å². The average Bonchev–Trinajstić information content (AvgIpc) is 2.06. The van der Waals surface area contributed by atoms with E-state index in [1.54, 1.807) is 14.2 Å². The molecular formula is C8H17NO2. The summed E-state index contributed by atoms with van der Waals surface area (Å²) in [7, 11) is 3.51. The van der Waals surface area contributed by atoms with Gasteiger partial charge in [-0.1, -0.05) is 0 Å². The second kappa shape index (κ2) is 4.70. The fourth-order valence-corrected chi connectivity index (χ4v) is 1.56. The van der Waals surface area contributed by atoms with Crippen LogP contribution < -0.4 is 5.32 Å². The Labute approximate surface area is 68.1 Å². The third-order valence-corrected chi connectivity index (χ3v) is 2.25. The van der Waals surface area contributed by atoms with Crippen LogP contribution in [0.15, 0.2) is 0 Å². The highest BCUT2D eigenvalue weighted by molar-refractivity contribution is 4.77. The van der Waals surface area contributed by atoms with Crippen LogP contribution in [0.25, 0.3) is 0 Å². The number of methoxy groups -OCH3 is 2. The highest BCUT2D eigenvalue weighted by Crippen LogP contribution is 2.14. The topological polar surface area (TPSA) is 30.5 Å².